The van der Waals surface area contributed by atoms with Crippen LogP contribution in [0.1, 0.15) is 33.3 Å². The summed E-state index contributed by atoms with van der Waals surface area (Å²) >= 11 is 0. The number of aliphatic hydroxyl groups is 1. The van der Waals surface area contributed by atoms with E-state index in [4.69, 9.17) is 5.73 Å². The van der Waals surface area contributed by atoms with Crippen LogP contribution in [0.5, 0.6) is 0 Å². The number of hydrogen-bond acceptors (Lipinski definition) is 4. The second kappa shape index (κ2) is 4.77. The average Bonchev–Trinajstić information content (AvgIpc) is 2.18. The van der Waals surface area contributed by atoms with Gasteiger partial charge in [-0.05, 0) is 52.3 Å². The molecule has 0 bridgehead atoms. The molecule has 0 spiro atoms. The highest BCUT2D eigenvalue weighted by molar-refractivity contribution is 7.89. The van der Waals surface area contributed by atoms with Crippen molar-refractivity contribution in [3.8, 4) is 0 Å². The molecule has 0 aliphatic heterocycles. The minimum absolute atomic E-state index is 0.129. The minimum atomic E-state index is -3.74. The lowest BCUT2D eigenvalue weighted by atomic mass is 9.87. The van der Waals surface area contributed by atoms with E-state index in [1.807, 2.05) is 0 Å². The predicted molar refractivity (Wildman–Crippen MR) is 76.3 cm³/mol. The van der Waals surface area contributed by atoms with Crippen LogP contribution < -0.4 is 10.5 Å². The lowest BCUT2D eigenvalue weighted by Crippen LogP contribution is -2.57. The van der Waals surface area contributed by atoms with Gasteiger partial charge in [-0.3, -0.25) is 0 Å². The maximum absolute atomic E-state index is 12.4. The van der Waals surface area contributed by atoms with Gasteiger partial charge in [-0.1, -0.05) is 6.07 Å². The standard InChI is InChI=1S/C13H22N2O3S/c1-9-6-7-10(14)8-11(9)19(17,18)15-12(2,3)13(4,5)16/h6-8,15-16H,14H2,1-5H3. The molecule has 6 heteroatoms. The maximum Gasteiger partial charge on any atom is 0.241 e. The van der Waals surface area contributed by atoms with Crippen molar-refractivity contribution < 1.29 is 13.5 Å². The zero-order valence-electron chi connectivity index (χ0n) is 12.0. The minimum Gasteiger partial charge on any atom is -0.399 e. The first-order valence-corrected chi connectivity index (χ1v) is 7.48. The Kier molecular flexibility index (Phi) is 4.01. The number of rotatable bonds is 4. The van der Waals surface area contributed by atoms with Gasteiger partial charge in [0.2, 0.25) is 10.0 Å². The molecule has 1 aromatic rings. The molecule has 0 aliphatic carbocycles. The van der Waals surface area contributed by atoms with Gasteiger partial charge in [-0.25, -0.2) is 13.1 Å². The van der Waals surface area contributed by atoms with E-state index in [0.717, 1.165) is 0 Å². The van der Waals surface area contributed by atoms with Gasteiger partial charge in [0.1, 0.15) is 0 Å². The summed E-state index contributed by atoms with van der Waals surface area (Å²) in [7, 11) is -3.74. The first-order valence-electron chi connectivity index (χ1n) is 5.99. The van der Waals surface area contributed by atoms with E-state index in [0.29, 0.717) is 11.3 Å². The van der Waals surface area contributed by atoms with Gasteiger partial charge in [-0.2, -0.15) is 0 Å². The summed E-state index contributed by atoms with van der Waals surface area (Å²) in [5, 5.41) is 10.0. The van der Waals surface area contributed by atoms with Crippen LogP contribution in [0.15, 0.2) is 23.1 Å². The van der Waals surface area contributed by atoms with Crippen LogP contribution in [0.4, 0.5) is 5.69 Å². The number of nitrogen functional groups attached to an aromatic ring is 1. The quantitative estimate of drug-likeness (QED) is 0.730. The number of benzene rings is 1. The summed E-state index contributed by atoms with van der Waals surface area (Å²) in [4.78, 5) is 0.129. The zero-order chi connectivity index (χ0) is 15.1. The lowest BCUT2D eigenvalue weighted by Gasteiger charge is -2.37. The van der Waals surface area contributed by atoms with Crippen molar-refractivity contribution in [2.45, 2.75) is 50.7 Å². The molecule has 0 saturated carbocycles. The summed E-state index contributed by atoms with van der Waals surface area (Å²) in [6.45, 7) is 8.08. The van der Waals surface area contributed by atoms with Crippen LogP contribution in [0.3, 0.4) is 0 Å². The van der Waals surface area contributed by atoms with Gasteiger partial charge in [0.05, 0.1) is 16.0 Å². The van der Waals surface area contributed by atoms with Gasteiger partial charge >= 0.3 is 0 Å². The van der Waals surface area contributed by atoms with E-state index >= 15 is 0 Å². The molecule has 108 valence electrons. The second-order valence-electron chi connectivity index (χ2n) is 5.81. The Morgan fingerprint density at radius 2 is 1.74 bits per heavy atom. The molecule has 5 nitrogen and oxygen atoms in total. The number of aryl methyl sites for hydroxylation is 1. The van der Waals surface area contributed by atoms with Gasteiger partial charge in [0.15, 0.2) is 0 Å². The highest BCUT2D eigenvalue weighted by Crippen LogP contribution is 2.25. The van der Waals surface area contributed by atoms with Gasteiger partial charge in [-0.15, -0.1) is 0 Å². The highest BCUT2D eigenvalue weighted by Gasteiger charge is 2.39. The maximum atomic E-state index is 12.4. The number of nitrogens with one attached hydrogen (secondary N) is 1. The van der Waals surface area contributed by atoms with Gasteiger partial charge < -0.3 is 10.8 Å². The smallest absolute Gasteiger partial charge is 0.241 e. The Morgan fingerprint density at radius 3 is 2.21 bits per heavy atom. The van der Waals surface area contributed by atoms with Crippen LogP contribution in [0, 0.1) is 6.92 Å². The van der Waals surface area contributed by atoms with Crippen molar-refractivity contribution in [3.63, 3.8) is 0 Å². The molecule has 0 aliphatic rings. The van der Waals surface area contributed by atoms with Crippen LogP contribution in [-0.2, 0) is 10.0 Å². The molecular formula is C13H22N2O3S. The Hall–Kier alpha value is -1.11. The van der Waals surface area contributed by atoms with Crippen molar-refractivity contribution in [2.75, 3.05) is 5.73 Å². The molecule has 1 aromatic carbocycles. The molecule has 0 fully saturated rings. The van der Waals surface area contributed by atoms with E-state index < -0.39 is 21.2 Å². The molecule has 0 unspecified atom stereocenters. The van der Waals surface area contributed by atoms with Crippen molar-refractivity contribution in [1.29, 1.82) is 0 Å². The largest absolute Gasteiger partial charge is 0.399 e. The summed E-state index contributed by atoms with van der Waals surface area (Å²) in [6.07, 6.45) is 0. The number of sulfonamides is 1. The predicted octanol–water partition coefficient (Wildman–Crippen LogP) is 1.41. The molecule has 0 radical (unpaired) electrons. The van der Waals surface area contributed by atoms with E-state index in [-0.39, 0.29) is 4.90 Å². The molecule has 19 heavy (non-hydrogen) atoms. The third kappa shape index (κ3) is 3.46. The molecule has 0 aromatic heterocycles. The van der Waals surface area contributed by atoms with E-state index in [2.05, 4.69) is 4.72 Å². The van der Waals surface area contributed by atoms with Crippen LogP contribution >= 0.6 is 0 Å². The van der Waals surface area contributed by atoms with Gasteiger partial charge in [0, 0.05) is 5.69 Å². The van der Waals surface area contributed by atoms with E-state index in [1.165, 1.54) is 6.07 Å². The second-order valence-corrected chi connectivity index (χ2v) is 7.47. The van der Waals surface area contributed by atoms with Crippen LogP contribution in [-0.4, -0.2) is 24.7 Å². The fraction of sp³-hybridized carbons (Fsp3) is 0.538. The van der Waals surface area contributed by atoms with Crippen molar-refractivity contribution in [2.24, 2.45) is 0 Å². The fourth-order valence-electron chi connectivity index (χ4n) is 1.42. The highest BCUT2D eigenvalue weighted by atomic mass is 32.2. The molecule has 0 saturated heterocycles. The first-order chi connectivity index (χ1) is 8.37. The topological polar surface area (TPSA) is 92.4 Å². The summed E-state index contributed by atoms with van der Waals surface area (Å²) < 4.78 is 27.3. The summed E-state index contributed by atoms with van der Waals surface area (Å²) in [6, 6.07) is 4.72. The molecule has 0 amide bonds. The number of hydrogen-bond donors (Lipinski definition) is 3. The fourth-order valence-corrected chi connectivity index (χ4v) is 3.24. The Bertz CT molecular complexity index is 572. The Balaban J connectivity index is 3.23. The molecule has 0 atom stereocenters. The van der Waals surface area contributed by atoms with E-state index in [1.54, 1.807) is 46.8 Å². The number of anilines is 1. The molecule has 1 rings (SSSR count). The van der Waals surface area contributed by atoms with E-state index in [9.17, 15) is 13.5 Å². The first kappa shape index (κ1) is 15.9. The lowest BCUT2D eigenvalue weighted by molar-refractivity contribution is 0.00638. The van der Waals surface area contributed by atoms with Crippen molar-refractivity contribution >= 4 is 15.7 Å². The number of nitrogens with two attached hydrogens (primary N) is 1. The summed E-state index contributed by atoms with van der Waals surface area (Å²) in [5.41, 5.74) is 4.41. The van der Waals surface area contributed by atoms with Crippen molar-refractivity contribution in [1.82, 2.24) is 4.72 Å². The monoisotopic (exact) mass is 286 g/mol. The van der Waals surface area contributed by atoms with Crippen LogP contribution in [0.2, 0.25) is 0 Å². The average molecular weight is 286 g/mol. The normalized spacial score (nSPS) is 13.6. The third-order valence-electron chi connectivity index (χ3n) is 3.42. The van der Waals surface area contributed by atoms with Crippen molar-refractivity contribution in [3.05, 3.63) is 23.8 Å². The molecular weight excluding hydrogens is 264 g/mol. The third-order valence-corrected chi connectivity index (χ3v) is 5.22. The zero-order valence-corrected chi connectivity index (χ0v) is 12.8. The Labute approximate surface area is 114 Å². The molecule has 4 N–H and O–H groups in total. The SMILES string of the molecule is Cc1ccc(N)cc1S(=O)(=O)NC(C)(C)C(C)(C)O. The van der Waals surface area contributed by atoms with Crippen LogP contribution in [0.25, 0.3) is 0 Å². The Morgan fingerprint density at radius 1 is 1.21 bits per heavy atom. The summed E-state index contributed by atoms with van der Waals surface area (Å²) in [5.74, 6) is 0. The van der Waals surface area contributed by atoms with Gasteiger partial charge in [0.25, 0.3) is 0 Å². The molecule has 0 heterocycles.